The summed E-state index contributed by atoms with van der Waals surface area (Å²) in [5.41, 5.74) is 0.319. The zero-order chi connectivity index (χ0) is 31.6. The number of rotatable bonds is 9. The van der Waals surface area contributed by atoms with Crippen LogP contribution in [0.4, 0.5) is 4.79 Å². The Hall–Kier alpha value is -4.60. The summed E-state index contributed by atoms with van der Waals surface area (Å²) in [4.78, 5) is 46.2. The SMILES string of the molecule is C=CC1CC1(NC(=O)[C@@H]1C[C@@H](Oc2cc(-c3ccccc3)nc3cc(OC)ccc23)CN1C(=O)OC(C)(C)C)C(=O)OCC. The van der Waals surface area contributed by atoms with Crippen molar-refractivity contribution in [3.8, 4) is 22.8 Å². The molecule has 0 radical (unpaired) electrons. The first-order chi connectivity index (χ1) is 21.0. The monoisotopic (exact) mass is 601 g/mol. The van der Waals surface area contributed by atoms with Crippen LogP contribution >= 0.6 is 0 Å². The van der Waals surface area contributed by atoms with Gasteiger partial charge in [-0.25, -0.2) is 14.6 Å². The molecule has 1 aliphatic heterocycles. The van der Waals surface area contributed by atoms with Crippen molar-refractivity contribution in [3.05, 3.63) is 67.3 Å². The zero-order valence-corrected chi connectivity index (χ0v) is 25.8. The van der Waals surface area contributed by atoms with E-state index in [9.17, 15) is 14.4 Å². The highest BCUT2D eigenvalue weighted by Crippen LogP contribution is 2.46. The predicted molar refractivity (Wildman–Crippen MR) is 165 cm³/mol. The average Bonchev–Trinajstić information content (AvgIpc) is 3.55. The quantitative estimate of drug-likeness (QED) is 0.260. The van der Waals surface area contributed by atoms with Crippen molar-refractivity contribution in [2.45, 2.75) is 63.8 Å². The van der Waals surface area contributed by atoms with Crippen molar-refractivity contribution in [2.75, 3.05) is 20.3 Å². The lowest BCUT2D eigenvalue weighted by atomic mass is 10.1. The first-order valence-electron chi connectivity index (χ1n) is 14.8. The van der Waals surface area contributed by atoms with E-state index in [1.165, 1.54) is 4.90 Å². The summed E-state index contributed by atoms with van der Waals surface area (Å²) < 4.78 is 22.9. The molecule has 0 bridgehead atoms. The minimum Gasteiger partial charge on any atom is -0.497 e. The lowest BCUT2D eigenvalue weighted by Gasteiger charge is -2.28. The molecule has 44 heavy (non-hydrogen) atoms. The zero-order valence-electron chi connectivity index (χ0n) is 25.8. The maximum absolute atomic E-state index is 13.8. The van der Waals surface area contributed by atoms with Gasteiger partial charge in [-0.2, -0.15) is 0 Å². The van der Waals surface area contributed by atoms with Crippen LogP contribution in [0.2, 0.25) is 0 Å². The highest BCUT2D eigenvalue weighted by molar-refractivity contribution is 5.95. The summed E-state index contributed by atoms with van der Waals surface area (Å²) in [6, 6.07) is 16.2. The van der Waals surface area contributed by atoms with E-state index in [0.717, 1.165) is 10.9 Å². The second kappa shape index (κ2) is 12.2. The van der Waals surface area contributed by atoms with Crippen LogP contribution in [0.5, 0.6) is 11.5 Å². The smallest absolute Gasteiger partial charge is 0.411 e. The third kappa shape index (κ3) is 6.34. The van der Waals surface area contributed by atoms with Crippen molar-refractivity contribution in [3.63, 3.8) is 0 Å². The number of methoxy groups -OCH3 is 1. The van der Waals surface area contributed by atoms with Crippen molar-refractivity contribution in [1.82, 2.24) is 15.2 Å². The molecule has 2 amide bonds. The standard InChI is InChI=1S/C34H39N3O7/c1-7-22-19-34(22,31(39)42-8-2)36-30(38)28-17-24(20-37(28)32(40)44-33(3,4)5)43-29-18-26(21-12-10-9-11-13-21)35-27-16-23(41-6)14-15-25(27)29/h7,9-16,18,22,24,28H,1,8,17,19-20H2,2-6H3,(H,36,38)/t22?,24-,28+,34?/m1/s1. The molecule has 1 aromatic heterocycles. The molecule has 1 saturated carbocycles. The molecule has 3 aromatic rings. The molecule has 1 saturated heterocycles. The molecule has 4 atom stereocenters. The average molecular weight is 602 g/mol. The number of hydrogen-bond donors (Lipinski definition) is 1. The van der Waals surface area contributed by atoms with Gasteiger partial charge in [-0.1, -0.05) is 36.4 Å². The maximum atomic E-state index is 13.8. The number of pyridine rings is 1. The molecule has 2 fully saturated rings. The van der Waals surface area contributed by atoms with E-state index >= 15 is 0 Å². The summed E-state index contributed by atoms with van der Waals surface area (Å²) >= 11 is 0. The number of ether oxygens (including phenoxy) is 4. The number of amides is 2. The molecular formula is C34H39N3O7. The summed E-state index contributed by atoms with van der Waals surface area (Å²) in [5.74, 6) is -0.0360. The third-order valence-electron chi connectivity index (χ3n) is 7.82. The number of hydrogen-bond acceptors (Lipinski definition) is 8. The number of likely N-dealkylation sites (tertiary alicyclic amines) is 1. The fraction of sp³-hybridized carbons (Fsp3) is 0.412. The number of aromatic nitrogens is 1. The summed E-state index contributed by atoms with van der Waals surface area (Å²) in [6.07, 6.45) is 1.01. The fourth-order valence-corrected chi connectivity index (χ4v) is 5.56. The molecule has 10 nitrogen and oxygen atoms in total. The molecule has 1 N–H and O–H groups in total. The molecule has 2 aliphatic rings. The number of carbonyl (C=O) groups is 3. The Morgan fingerprint density at radius 3 is 2.52 bits per heavy atom. The van der Waals surface area contributed by atoms with Crippen LogP contribution in [0.25, 0.3) is 22.2 Å². The molecule has 1 aliphatic carbocycles. The Labute approximate surface area is 257 Å². The van der Waals surface area contributed by atoms with E-state index in [-0.39, 0.29) is 25.5 Å². The van der Waals surface area contributed by atoms with Crippen molar-refractivity contribution < 1.29 is 33.3 Å². The molecule has 5 rings (SSSR count). The molecule has 0 spiro atoms. The largest absolute Gasteiger partial charge is 0.497 e. The van der Waals surface area contributed by atoms with Crippen LogP contribution in [0.1, 0.15) is 40.5 Å². The topological polar surface area (TPSA) is 116 Å². The Kier molecular flexibility index (Phi) is 8.54. The van der Waals surface area contributed by atoms with Crippen LogP contribution in [0.3, 0.4) is 0 Å². The molecule has 232 valence electrons. The maximum Gasteiger partial charge on any atom is 0.411 e. The molecule has 2 aromatic carbocycles. The van der Waals surface area contributed by atoms with Crippen molar-refractivity contribution in [2.24, 2.45) is 5.92 Å². The van der Waals surface area contributed by atoms with E-state index in [0.29, 0.717) is 29.1 Å². The Morgan fingerprint density at radius 1 is 1.14 bits per heavy atom. The van der Waals surface area contributed by atoms with Gasteiger partial charge in [-0.15, -0.1) is 6.58 Å². The van der Waals surface area contributed by atoms with Crippen molar-refractivity contribution in [1.29, 1.82) is 0 Å². The van der Waals surface area contributed by atoms with Crippen LogP contribution in [0, 0.1) is 5.92 Å². The lowest BCUT2D eigenvalue weighted by molar-refractivity contribution is -0.149. The molecule has 2 unspecified atom stereocenters. The number of fused-ring (bicyclic) bond motifs is 1. The minimum atomic E-state index is -1.20. The van der Waals surface area contributed by atoms with Gasteiger partial charge in [-0.3, -0.25) is 9.69 Å². The number of carbonyl (C=O) groups excluding carboxylic acids is 3. The Balaban J connectivity index is 1.46. The van der Waals surface area contributed by atoms with Crippen LogP contribution in [-0.4, -0.2) is 71.4 Å². The highest BCUT2D eigenvalue weighted by atomic mass is 16.6. The van der Waals surface area contributed by atoms with E-state index in [1.54, 1.807) is 40.9 Å². The van der Waals surface area contributed by atoms with Gasteiger partial charge in [0.25, 0.3) is 0 Å². The lowest BCUT2D eigenvalue weighted by Crippen LogP contribution is -2.53. The fourth-order valence-electron chi connectivity index (χ4n) is 5.56. The van der Waals surface area contributed by atoms with Gasteiger partial charge in [-0.05, 0) is 46.2 Å². The van der Waals surface area contributed by atoms with Gasteiger partial charge in [0.05, 0.1) is 31.5 Å². The first-order valence-corrected chi connectivity index (χ1v) is 14.8. The summed E-state index contributed by atoms with van der Waals surface area (Å²) in [5, 5.41) is 3.65. The van der Waals surface area contributed by atoms with Crippen LogP contribution in [0.15, 0.2) is 67.3 Å². The predicted octanol–water partition coefficient (Wildman–Crippen LogP) is 5.29. The second-order valence-electron chi connectivity index (χ2n) is 12.1. The van der Waals surface area contributed by atoms with E-state index in [2.05, 4.69) is 11.9 Å². The van der Waals surface area contributed by atoms with Gasteiger partial charge in [0.2, 0.25) is 5.91 Å². The third-order valence-corrected chi connectivity index (χ3v) is 7.82. The Bertz CT molecular complexity index is 1570. The second-order valence-corrected chi connectivity index (χ2v) is 12.1. The number of esters is 1. The summed E-state index contributed by atoms with van der Waals surface area (Å²) in [6.45, 7) is 11.1. The van der Waals surface area contributed by atoms with Gasteiger partial charge >= 0.3 is 12.1 Å². The first kappa shape index (κ1) is 30.8. The van der Waals surface area contributed by atoms with Gasteiger partial charge in [0.1, 0.15) is 34.8 Å². The number of nitrogens with zero attached hydrogens (tertiary/aromatic N) is 2. The van der Waals surface area contributed by atoms with Crippen LogP contribution in [-0.2, 0) is 19.1 Å². The number of nitrogens with one attached hydrogen (secondary N) is 1. The van der Waals surface area contributed by atoms with Crippen molar-refractivity contribution >= 4 is 28.9 Å². The normalized spacial score (nSPS) is 22.7. The molecular weight excluding hydrogens is 562 g/mol. The molecule has 10 heteroatoms. The van der Waals surface area contributed by atoms with Gasteiger partial charge in [0.15, 0.2) is 0 Å². The van der Waals surface area contributed by atoms with E-state index < -0.39 is 41.3 Å². The van der Waals surface area contributed by atoms with Gasteiger partial charge in [0, 0.05) is 35.4 Å². The van der Waals surface area contributed by atoms with E-state index in [4.69, 9.17) is 23.9 Å². The number of benzene rings is 2. The van der Waals surface area contributed by atoms with E-state index in [1.807, 2.05) is 54.6 Å². The Morgan fingerprint density at radius 2 is 1.89 bits per heavy atom. The minimum absolute atomic E-state index is 0.102. The summed E-state index contributed by atoms with van der Waals surface area (Å²) in [7, 11) is 1.60. The van der Waals surface area contributed by atoms with Gasteiger partial charge < -0.3 is 24.3 Å². The highest BCUT2D eigenvalue weighted by Gasteiger charge is 2.62. The van der Waals surface area contributed by atoms with Crippen LogP contribution < -0.4 is 14.8 Å². The molecule has 2 heterocycles.